The predicted molar refractivity (Wildman–Crippen MR) is 530 cm³/mol. The van der Waals surface area contributed by atoms with E-state index in [-0.39, 0.29) is 267 Å². The molecule has 8 unspecified atom stereocenters. The fraction of sp³-hybridized carbons (Fsp3) is 0.918. The van der Waals surface area contributed by atoms with E-state index in [0.29, 0.717) is 159 Å². The van der Waals surface area contributed by atoms with Crippen molar-refractivity contribution < 1.29 is 147 Å². The lowest BCUT2D eigenvalue weighted by molar-refractivity contribution is -0.145. The highest BCUT2D eigenvalue weighted by atomic mass is 32.2. The van der Waals surface area contributed by atoms with Gasteiger partial charge in [0.05, 0.1) is 132 Å². The third kappa shape index (κ3) is 128. The van der Waals surface area contributed by atoms with Crippen LogP contribution in [0, 0.1) is 35.5 Å². The first-order valence-electron chi connectivity index (χ1n) is 34.8. The van der Waals surface area contributed by atoms with Crippen molar-refractivity contribution in [1.82, 2.24) is 0 Å². The Morgan fingerprint density at radius 2 is 0.589 bits per heavy atom. The molecule has 0 radical (unpaired) electrons. The zero-order chi connectivity index (χ0) is 79.1. The van der Waals surface area contributed by atoms with E-state index in [1.807, 2.05) is 27.2 Å². The summed E-state index contributed by atoms with van der Waals surface area (Å²) in [6.45, 7) is 15.1. The first kappa shape index (κ1) is 180. The van der Waals surface area contributed by atoms with Crippen LogP contribution in [-0.2, 0) is 111 Å². The molecule has 0 bridgehead atoms. The van der Waals surface area contributed by atoms with Crippen LogP contribution in [-0.4, -0.2) is 301 Å². The number of thioether (sulfide) groups is 8. The SMILES string of the molecule is C.C.C.C.C.C.C.C.C.C.C.C.C.C.C.C.C.C.C=O.C=O.C=O.C=O.CC(C)CC(=O)CCC1C2CCC#CCCC21.FOCCCSCC(COCC(COCOCC(COCC(CSCCOCCOF)SCCOCCOF)OCC(CSCCOCCOF)SCCOCCOF)OCC(CSCCCOF)SCCCOF)SCCCOF. The number of carbonyl (C=O) groups excluding carboxylic acids is 5. The van der Waals surface area contributed by atoms with Gasteiger partial charge in [-0.3, -0.25) is 4.79 Å². The van der Waals surface area contributed by atoms with Crippen LogP contribution in [0.5, 0.6) is 0 Å². The highest BCUT2D eigenvalue weighted by Crippen LogP contribution is 2.54. The number of ketones is 1. The summed E-state index contributed by atoms with van der Waals surface area (Å²) in [5.74, 6) is 17.9. The summed E-state index contributed by atoms with van der Waals surface area (Å²) < 4.78 is 157. The maximum absolute atomic E-state index is 12.5. The molecule has 23 nitrogen and oxygen atoms in total. The Morgan fingerprint density at radius 3 is 0.887 bits per heavy atom. The maximum Gasteiger partial charge on any atom is 0.146 e. The molecule has 0 spiro atoms. The van der Waals surface area contributed by atoms with E-state index in [0.717, 1.165) is 49.9 Å². The van der Waals surface area contributed by atoms with Gasteiger partial charge in [-0.2, -0.15) is 134 Å². The van der Waals surface area contributed by atoms with Gasteiger partial charge in [0.2, 0.25) is 0 Å². The number of halogens is 8. The first-order chi connectivity index (χ1) is 52.2. The second-order valence-electron chi connectivity index (χ2n) is 22.6. The van der Waals surface area contributed by atoms with Crippen LogP contribution >= 0.6 is 94.1 Å². The molecule has 0 heterocycles. The molecular weight excluding hydrogens is 1800 g/mol. The van der Waals surface area contributed by atoms with Crippen molar-refractivity contribution in [3.8, 4) is 11.8 Å². The van der Waals surface area contributed by atoms with Crippen LogP contribution in [0.15, 0.2) is 0 Å². The number of carbonyl (C=O) groups is 5. The summed E-state index contributed by atoms with van der Waals surface area (Å²) >= 11 is 13.0. The van der Waals surface area contributed by atoms with Crippen molar-refractivity contribution in [3.63, 3.8) is 0 Å². The Hall–Kier alpha value is -0.570. The third-order valence-corrected chi connectivity index (χ3v) is 24.5. The molecule has 39 heteroatoms. The summed E-state index contributed by atoms with van der Waals surface area (Å²) in [6.07, 6.45) is 8.39. The molecule has 1 saturated carbocycles. The summed E-state index contributed by atoms with van der Waals surface area (Å²) in [6, 6.07) is 0. The molecule has 1 fully saturated rings. The molecule has 0 aromatic carbocycles. The summed E-state index contributed by atoms with van der Waals surface area (Å²) in [5.41, 5.74) is 0. The first-order valence-corrected chi connectivity index (χ1v) is 43.6. The number of ether oxygens (including phenoxy) is 10. The van der Waals surface area contributed by atoms with E-state index in [1.165, 1.54) is 12.8 Å². The molecule has 0 aromatic heterocycles. The summed E-state index contributed by atoms with van der Waals surface area (Å²) in [5, 5.41) is -0.00563. The van der Waals surface area contributed by atoms with Crippen LogP contribution in [0.3, 0.4) is 0 Å². The molecule has 0 amide bonds. The highest BCUT2D eigenvalue weighted by molar-refractivity contribution is 8.04. The summed E-state index contributed by atoms with van der Waals surface area (Å²) in [4.78, 5) is 73.0. The molecule has 8 atom stereocenters. The topological polar surface area (TPSA) is 251 Å². The fourth-order valence-electron chi connectivity index (χ4n) is 9.35. The lowest BCUT2D eigenvalue weighted by Crippen LogP contribution is -2.33. The van der Waals surface area contributed by atoms with Gasteiger partial charge in [-0.15, -0.1) is 11.8 Å². The van der Waals surface area contributed by atoms with Crippen molar-refractivity contribution in [1.29, 1.82) is 0 Å². The van der Waals surface area contributed by atoms with Crippen molar-refractivity contribution in [2.24, 2.45) is 23.7 Å². The van der Waals surface area contributed by atoms with Crippen molar-refractivity contribution >= 4 is 127 Å². The van der Waals surface area contributed by atoms with Crippen molar-refractivity contribution in [2.75, 3.05) is 234 Å². The fourth-order valence-corrected chi connectivity index (χ4v) is 18.3. The van der Waals surface area contributed by atoms with Gasteiger partial charge in [-0.1, -0.05) is 148 Å². The van der Waals surface area contributed by atoms with E-state index in [2.05, 4.69) is 65.2 Å². The molecule has 2 aliphatic rings. The Kier molecular flexibility index (Phi) is 223. The molecule has 124 heavy (non-hydrogen) atoms. The Bertz CT molecular complexity index is 1830. The zero-order valence-corrected chi connectivity index (χ0v) is 68.3. The second kappa shape index (κ2) is 154. The minimum atomic E-state index is -0.560. The van der Waals surface area contributed by atoms with Crippen LogP contribution in [0.4, 0.5) is 36.2 Å². The lowest BCUT2D eigenvalue weighted by atomic mass is 10.0. The maximum atomic E-state index is 12.5. The second-order valence-corrected chi connectivity index (χ2v) is 32.8. The number of fused-ring (bicyclic) bond motifs is 1. The number of Topliss-reactive ketones (excluding diaryl/α,β-unsaturated/α-hetero) is 1. The average Bonchev–Trinajstić information content (AvgIpc) is 1.63. The number of rotatable bonds is 77. The Morgan fingerprint density at radius 1 is 0.323 bits per heavy atom. The van der Waals surface area contributed by atoms with Crippen LogP contribution in [0.1, 0.15) is 218 Å². The molecule has 774 valence electrons. The normalized spacial score (nSPS) is 13.7. The molecule has 0 aliphatic heterocycles. The van der Waals surface area contributed by atoms with Gasteiger partial charge in [-0.25, -0.2) is 0 Å². The quantitative estimate of drug-likeness (QED) is 0.0237. The van der Waals surface area contributed by atoms with E-state index < -0.39 is 12.2 Å². The van der Waals surface area contributed by atoms with Crippen LogP contribution in [0.2, 0.25) is 0 Å². The number of hydrogen-bond donors (Lipinski definition) is 0. The van der Waals surface area contributed by atoms with Gasteiger partial charge < -0.3 is 66.5 Å². The van der Waals surface area contributed by atoms with Gasteiger partial charge in [0.25, 0.3) is 0 Å². The van der Waals surface area contributed by atoms with E-state index in [9.17, 15) is 41.0 Å². The molecule has 0 aromatic rings. The molecular formula is C85H192F8O23S8. The van der Waals surface area contributed by atoms with Crippen LogP contribution in [0.25, 0.3) is 0 Å². The average molecular weight is 1990 g/mol. The minimum Gasteiger partial charge on any atom is -0.378 e. The zero-order valence-electron chi connectivity index (χ0n) is 61.7. The van der Waals surface area contributed by atoms with E-state index in [1.54, 1.807) is 94.1 Å². The molecule has 2 rings (SSSR count). The predicted octanol–water partition coefficient (Wildman–Crippen LogP) is 24.5. The monoisotopic (exact) mass is 1990 g/mol. The van der Waals surface area contributed by atoms with Crippen LogP contribution < -0.4 is 0 Å². The standard InChI is InChI=1S/C47H88F8O18S8.C16H24O.4CH2O.18CH4/c48-66-5-1-21-74-37-44(78-23-3-7-68-50)33-60-29-42(64-35-46(79-24-4-8-69-51)39-75-22-2-6-67-49)31-62-41-63-32-43(65-36-47(81-28-20-59-12-16-73-55)40-77-26-18-57-10-14-71-53)30-61-34-45(80-27-19-58-11-15-72-54)38-76-25-17-56-9-13-70-52;1-12(2)11-13(17)9-10-16-14-7-5-3-4-6-8-15(14)16;4*1-2;;;;;;;;;;;;;;;;;;/h42-47H,1-41H2;12,14-16H,5-11H2,1-2H3;4*1H2;18*1H4. The van der Waals surface area contributed by atoms with E-state index >= 15 is 0 Å². The van der Waals surface area contributed by atoms with Gasteiger partial charge in [0.15, 0.2) is 0 Å². The van der Waals surface area contributed by atoms with Crippen molar-refractivity contribution in [3.05, 3.63) is 0 Å². The summed E-state index contributed by atoms with van der Waals surface area (Å²) in [7, 11) is 0. The largest absolute Gasteiger partial charge is 0.378 e. The molecule has 0 saturated heterocycles. The van der Waals surface area contributed by atoms with Gasteiger partial charge in [-0.05, 0) is 128 Å². The smallest absolute Gasteiger partial charge is 0.146 e. The third-order valence-electron chi connectivity index (χ3n) is 14.1. The number of hydrogen-bond acceptors (Lipinski definition) is 31. The Labute approximate surface area is 790 Å². The lowest BCUT2D eigenvalue weighted by Gasteiger charge is -2.25. The Balaban J connectivity index is -0.000000105. The van der Waals surface area contributed by atoms with Crippen molar-refractivity contribution in [2.45, 2.75) is 251 Å². The molecule has 2 aliphatic carbocycles. The highest BCUT2D eigenvalue weighted by Gasteiger charge is 2.48. The minimum absolute atomic E-state index is 0. The van der Waals surface area contributed by atoms with Gasteiger partial charge in [0, 0.05) is 92.7 Å². The molecule has 0 N–H and O–H groups in total. The van der Waals surface area contributed by atoms with E-state index in [4.69, 9.17) is 66.5 Å². The van der Waals surface area contributed by atoms with Gasteiger partial charge in [0.1, 0.15) is 78.4 Å². The van der Waals surface area contributed by atoms with Gasteiger partial charge >= 0.3 is 0 Å².